The molecule has 1 saturated carbocycles. The highest BCUT2D eigenvalue weighted by Crippen LogP contribution is 2.50. The average Bonchev–Trinajstić information content (AvgIpc) is 3.86. The number of rotatable bonds is 8. The monoisotopic (exact) mass is 564 g/mol. The van der Waals surface area contributed by atoms with Crippen LogP contribution < -0.4 is 15.5 Å². The molecule has 2 aliphatic rings. The number of amides is 3. The van der Waals surface area contributed by atoms with E-state index in [4.69, 9.17) is 4.74 Å². The lowest BCUT2D eigenvalue weighted by molar-refractivity contribution is -0.147. The van der Waals surface area contributed by atoms with Crippen molar-refractivity contribution in [2.75, 3.05) is 18.4 Å². The Morgan fingerprint density at radius 2 is 1.64 bits per heavy atom. The predicted molar refractivity (Wildman–Crippen MR) is 157 cm³/mol. The van der Waals surface area contributed by atoms with E-state index in [1.165, 1.54) is 0 Å². The molecule has 3 amide bonds. The lowest BCUT2D eigenvalue weighted by atomic mass is 9.83. The van der Waals surface area contributed by atoms with E-state index >= 15 is 0 Å². The molecule has 9 heteroatoms. The van der Waals surface area contributed by atoms with Gasteiger partial charge in [0.25, 0.3) is 0 Å². The smallest absolute Gasteiger partial charge is 0.249 e. The van der Waals surface area contributed by atoms with Crippen molar-refractivity contribution in [1.82, 2.24) is 15.4 Å². The molecule has 0 bridgehead atoms. The van der Waals surface area contributed by atoms with Gasteiger partial charge in [0.2, 0.25) is 17.7 Å². The van der Waals surface area contributed by atoms with Crippen LogP contribution in [0.15, 0.2) is 91.1 Å². The van der Waals surface area contributed by atoms with E-state index in [9.17, 15) is 19.6 Å². The highest BCUT2D eigenvalue weighted by molar-refractivity contribution is 5.97. The summed E-state index contributed by atoms with van der Waals surface area (Å²) >= 11 is 0. The number of piperidine rings is 1. The molecule has 1 aliphatic heterocycles. The lowest BCUT2D eigenvalue weighted by Gasteiger charge is -2.38. The fourth-order valence-corrected chi connectivity index (χ4v) is 5.89. The van der Waals surface area contributed by atoms with Gasteiger partial charge in [0, 0.05) is 30.4 Å². The maximum Gasteiger partial charge on any atom is 0.249 e. The first kappa shape index (κ1) is 27.4. The molecule has 6 rings (SSSR count). The van der Waals surface area contributed by atoms with Gasteiger partial charge in [-0.2, -0.15) is 0 Å². The van der Waals surface area contributed by atoms with Crippen LogP contribution in [-0.4, -0.2) is 45.9 Å². The minimum absolute atomic E-state index is 0.0270. The molecule has 3 N–H and O–H groups in total. The van der Waals surface area contributed by atoms with Gasteiger partial charge in [-0.15, -0.1) is 0 Å². The summed E-state index contributed by atoms with van der Waals surface area (Å²) in [6.07, 6.45) is 3.54. The largest absolute Gasteiger partial charge is 0.488 e. The normalized spacial score (nSPS) is 19.1. The van der Waals surface area contributed by atoms with Gasteiger partial charge in [-0.25, -0.2) is 5.48 Å². The molecule has 2 atom stereocenters. The van der Waals surface area contributed by atoms with Crippen molar-refractivity contribution in [2.45, 2.75) is 31.3 Å². The Hall–Kier alpha value is -4.76. The van der Waals surface area contributed by atoms with E-state index in [-0.39, 0.29) is 18.4 Å². The number of pyridine rings is 1. The van der Waals surface area contributed by atoms with Gasteiger partial charge >= 0.3 is 0 Å². The second-order valence-corrected chi connectivity index (χ2v) is 11.0. The van der Waals surface area contributed by atoms with Crippen LogP contribution in [0.4, 0.5) is 5.69 Å². The van der Waals surface area contributed by atoms with E-state index in [0.29, 0.717) is 25.3 Å². The van der Waals surface area contributed by atoms with Crippen molar-refractivity contribution < 1.29 is 24.3 Å². The molecule has 3 aromatic carbocycles. The lowest BCUT2D eigenvalue weighted by Crippen LogP contribution is -2.53. The molecule has 1 saturated heterocycles. The van der Waals surface area contributed by atoms with E-state index in [1.54, 1.807) is 28.7 Å². The van der Waals surface area contributed by atoms with Gasteiger partial charge in [-0.3, -0.25) is 24.6 Å². The molecule has 2 fully saturated rings. The zero-order valence-electron chi connectivity index (χ0n) is 23.0. The van der Waals surface area contributed by atoms with Crippen molar-refractivity contribution >= 4 is 34.3 Å². The first-order chi connectivity index (χ1) is 20.5. The Labute approximate surface area is 243 Å². The molecule has 0 radical (unpaired) electrons. The number of carbonyl (C=O) groups is 3. The number of hydroxylamine groups is 1. The summed E-state index contributed by atoms with van der Waals surface area (Å²) in [5.41, 5.74) is 4.48. The molecule has 2 heterocycles. The van der Waals surface area contributed by atoms with E-state index in [2.05, 4.69) is 10.3 Å². The minimum Gasteiger partial charge on any atom is -0.488 e. The SMILES string of the molecule is O=C(Nc1ccc(COc2ccnc3ccccc23)cc1)C1CCN(C(=O)C2(c3ccccc3)CC2)C[C@@H]1C(=O)NO. The molecule has 4 aromatic rings. The number of fused-ring (bicyclic) bond motifs is 1. The van der Waals surface area contributed by atoms with Gasteiger partial charge in [0.05, 0.1) is 22.8 Å². The number of hydrogen-bond donors (Lipinski definition) is 3. The number of benzene rings is 3. The number of ether oxygens (including phenoxy) is 1. The van der Waals surface area contributed by atoms with Gasteiger partial charge < -0.3 is 15.0 Å². The molecule has 42 heavy (non-hydrogen) atoms. The predicted octanol–water partition coefficient (Wildman–Crippen LogP) is 4.45. The van der Waals surface area contributed by atoms with Gasteiger partial charge in [0.1, 0.15) is 12.4 Å². The van der Waals surface area contributed by atoms with Crippen molar-refractivity contribution in [1.29, 1.82) is 0 Å². The van der Waals surface area contributed by atoms with Crippen LogP contribution in [-0.2, 0) is 26.4 Å². The second-order valence-electron chi connectivity index (χ2n) is 11.0. The van der Waals surface area contributed by atoms with Crippen LogP contribution in [0.25, 0.3) is 10.9 Å². The summed E-state index contributed by atoms with van der Waals surface area (Å²) in [4.78, 5) is 45.6. The van der Waals surface area contributed by atoms with Crippen molar-refractivity contribution in [2.24, 2.45) is 11.8 Å². The van der Waals surface area contributed by atoms with Gasteiger partial charge in [-0.1, -0.05) is 54.6 Å². The number of para-hydroxylation sites is 1. The number of hydrogen-bond acceptors (Lipinski definition) is 6. The van der Waals surface area contributed by atoms with Crippen molar-refractivity contribution in [3.8, 4) is 5.75 Å². The Balaban J connectivity index is 1.09. The second kappa shape index (κ2) is 11.6. The van der Waals surface area contributed by atoms with Gasteiger partial charge in [0.15, 0.2) is 0 Å². The van der Waals surface area contributed by atoms with Crippen LogP contribution >= 0.6 is 0 Å². The van der Waals surface area contributed by atoms with Gasteiger partial charge in [-0.05, 0) is 60.7 Å². The van der Waals surface area contributed by atoms with Crippen molar-refractivity contribution in [3.63, 3.8) is 0 Å². The van der Waals surface area contributed by atoms with Crippen LogP contribution in [0.5, 0.6) is 5.75 Å². The number of aromatic nitrogens is 1. The molecule has 9 nitrogen and oxygen atoms in total. The first-order valence-electron chi connectivity index (χ1n) is 14.1. The quantitative estimate of drug-likeness (QED) is 0.215. The Morgan fingerprint density at radius 1 is 0.905 bits per heavy atom. The number of nitrogens with one attached hydrogen (secondary N) is 2. The Bertz CT molecular complexity index is 1600. The number of likely N-dealkylation sites (tertiary alicyclic amines) is 1. The number of carbonyl (C=O) groups excluding carboxylic acids is 3. The maximum absolute atomic E-state index is 13.6. The molecule has 1 aromatic heterocycles. The van der Waals surface area contributed by atoms with Crippen LogP contribution in [0.3, 0.4) is 0 Å². The summed E-state index contributed by atoms with van der Waals surface area (Å²) in [6.45, 7) is 0.774. The third-order valence-corrected chi connectivity index (χ3v) is 8.39. The van der Waals surface area contributed by atoms with Crippen LogP contribution in [0.1, 0.15) is 30.4 Å². The highest BCUT2D eigenvalue weighted by Gasteiger charge is 2.54. The fraction of sp³-hybridized carbons (Fsp3) is 0.273. The zero-order chi connectivity index (χ0) is 29.1. The summed E-state index contributed by atoms with van der Waals surface area (Å²) in [7, 11) is 0. The molecule has 0 spiro atoms. The first-order valence-corrected chi connectivity index (χ1v) is 14.1. The molecule has 214 valence electrons. The minimum atomic E-state index is -0.873. The number of nitrogens with zero attached hydrogens (tertiary/aromatic N) is 2. The maximum atomic E-state index is 13.6. The molecular weight excluding hydrogens is 532 g/mol. The topological polar surface area (TPSA) is 121 Å². The Morgan fingerprint density at radius 3 is 2.38 bits per heavy atom. The zero-order valence-corrected chi connectivity index (χ0v) is 23.0. The van der Waals surface area contributed by atoms with E-state index in [0.717, 1.165) is 40.6 Å². The third kappa shape index (κ3) is 5.43. The molecule has 1 unspecified atom stereocenters. The molecule has 1 aliphatic carbocycles. The van der Waals surface area contributed by atoms with Crippen LogP contribution in [0, 0.1) is 11.8 Å². The van der Waals surface area contributed by atoms with Crippen LogP contribution in [0.2, 0.25) is 0 Å². The third-order valence-electron chi connectivity index (χ3n) is 8.39. The fourth-order valence-electron chi connectivity index (χ4n) is 5.89. The Kier molecular flexibility index (Phi) is 7.58. The van der Waals surface area contributed by atoms with Crippen molar-refractivity contribution in [3.05, 3.63) is 102 Å². The number of anilines is 1. The standard InChI is InChI=1S/C33H32N4O5/c38-30(35-24-12-10-22(11-13-24)21-42-29-14-18-34-28-9-5-4-8-26(28)29)25-15-19-37(20-27(25)31(39)36-41)32(40)33(16-17-33)23-6-2-1-3-7-23/h1-14,18,25,27,41H,15-17,19-21H2,(H,35,38)(H,36,39)/t25?,27-/m0/s1. The summed E-state index contributed by atoms with van der Waals surface area (Å²) in [6, 6.07) is 26.6. The summed E-state index contributed by atoms with van der Waals surface area (Å²) < 4.78 is 6.03. The summed E-state index contributed by atoms with van der Waals surface area (Å²) in [5.74, 6) is -1.85. The van der Waals surface area contributed by atoms with E-state index in [1.807, 2.05) is 72.8 Å². The summed E-state index contributed by atoms with van der Waals surface area (Å²) in [5, 5.41) is 13.3. The molecular formula is C33H32N4O5. The average molecular weight is 565 g/mol. The van der Waals surface area contributed by atoms with E-state index < -0.39 is 23.2 Å². The highest BCUT2D eigenvalue weighted by atomic mass is 16.5.